The zero-order valence-corrected chi connectivity index (χ0v) is 12.5. The minimum absolute atomic E-state index is 0.0772. The molecule has 4 nitrogen and oxygen atoms in total. The highest BCUT2D eigenvalue weighted by Crippen LogP contribution is 2.45. The summed E-state index contributed by atoms with van der Waals surface area (Å²) >= 11 is 1.45. The van der Waals surface area contributed by atoms with Crippen LogP contribution < -0.4 is 0 Å². The van der Waals surface area contributed by atoms with Crippen LogP contribution in [0.25, 0.3) is 0 Å². The minimum atomic E-state index is -1.14. The van der Waals surface area contributed by atoms with Crippen molar-refractivity contribution in [3.63, 3.8) is 0 Å². The predicted molar refractivity (Wildman–Crippen MR) is 76.0 cm³/mol. The second-order valence-corrected chi connectivity index (χ2v) is 8.22. The Morgan fingerprint density at radius 3 is 2.11 bits per heavy atom. The lowest BCUT2D eigenvalue weighted by Gasteiger charge is -2.45. The normalized spacial score (nSPS) is 44.2. The molecule has 5 atom stereocenters. The van der Waals surface area contributed by atoms with Crippen LogP contribution in [0.5, 0.6) is 0 Å². The van der Waals surface area contributed by atoms with Crippen molar-refractivity contribution in [1.82, 2.24) is 0 Å². The summed E-state index contributed by atoms with van der Waals surface area (Å²) < 4.78 is 0. The highest BCUT2D eigenvalue weighted by atomic mass is 32.2. The van der Waals surface area contributed by atoms with Gasteiger partial charge >= 0.3 is 0 Å². The Bertz CT molecular complexity index is 298. The molecule has 2 aliphatic rings. The first-order chi connectivity index (χ1) is 8.85. The molecule has 1 aliphatic carbocycles. The van der Waals surface area contributed by atoms with E-state index < -0.39 is 23.6 Å². The molecule has 0 bridgehead atoms. The van der Waals surface area contributed by atoms with Gasteiger partial charge in [0.1, 0.15) is 6.10 Å². The smallest absolute Gasteiger partial charge is 0.108 e. The Morgan fingerprint density at radius 2 is 1.58 bits per heavy atom. The largest absolute Gasteiger partial charge is 0.395 e. The van der Waals surface area contributed by atoms with Gasteiger partial charge in [-0.3, -0.25) is 0 Å². The highest BCUT2D eigenvalue weighted by molar-refractivity contribution is 8.00. The first-order valence-electron chi connectivity index (χ1n) is 7.16. The maximum absolute atomic E-state index is 10.2. The summed E-state index contributed by atoms with van der Waals surface area (Å²) in [5.41, 5.74) is 0.370. The molecule has 1 saturated carbocycles. The third kappa shape index (κ3) is 3.27. The van der Waals surface area contributed by atoms with Crippen LogP contribution in [0.2, 0.25) is 0 Å². The zero-order valence-electron chi connectivity index (χ0n) is 11.7. The van der Waals surface area contributed by atoms with Crippen LogP contribution in [-0.4, -0.2) is 55.8 Å². The molecule has 0 spiro atoms. The summed E-state index contributed by atoms with van der Waals surface area (Å²) in [6.45, 7) is 4.37. The molecule has 0 aromatic rings. The maximum atomic E-state index is 10.2. The van der Waals surface area contributed by atoms with Crippen molar-refractivity contribution in [3.8, 4) is 0 Å². The fourth-order valence-corrected chi connectivity index (χ4v) is 4.90. The van der Waals surface area contributed by atoms with Crippen LogP contribution in [0.3, 0.4) is 0 Å². The molecule has 1 aliphatic heterocycles. The molecular formula is C14H26O4S. The summed E-state index contributed by atoms with van der Waals surface area (Å²) in [6.07, 6.45) is 1.27. The average molecular weight is 290 g/mol. The molecule has 0 unspecified atom stereocenters. The van der Waals surface area contributed by atoms with Crippen molar-refractivity contribution in [2.45, 2.75) is 68.3 Å². The number of rotatable bonds is 2. The van der Waals surface area contributed by atoms with Gasteiger partial charge in [-0.1, -0.05) is 13.8 Å². The average Bonchev–Trinajstić information content (AvgIpc) is 2.37. The van der Waals surface area contributed by atoms with Gasteiger partial charge in [-0.05, 0) is 37.0 Å². The summed E-state index contributed by atoms with van der Waals surface area (Å²) in [5.74, 6) is 0.365. The number of aliphatic hydroxyl groups excluding tert-OH is 4. The molecule has 5 heteroatoms. The van der Waals surface area contributed by atoms with Gasteiger partial charge in [0.2, 0.25) is 0 Å². The molecule has 1 heterocycles. The fraction of sp³-hybridized carbons (Fsp3) is 1.00. The lowest BCUT2D eigenvalue weighted by atomic mass is 9.71. The number of hydrogen-bond acceptors (Lipinski definition) is 5. The molecule has 0 radical (unpaired) electrons. The second-order valence-electron chi connectivity index (χ2n) is 6.80. The topological polar surface area (TPSA) is 80.9 Å². The van der Waals surface area contributed by atoms with Gasteiger partial charge in [0.25, 0.3) is 0 Å². The Labute approximate surface area is 119 Å². The van der Waals surface area contributed by atoms with Crippen molar-refractivity contribution in [3.05, 3.63) is 0 Å². The molecule has 0 aromatic heterocycles. The van der Waals surface area contributed by atoms with Gasteiger partial charge < -0.3 is 20.4 Å². The SMILES string of the molecule is CC1(C)CCC([C@H]2S[C@@H](CO)[C@H](O)[C@H](O)[C@H]2O)CC1. The van der Waals surface area contributed by atoms with Crippen LogP contribution in [-0.2, 0) is 0 Å². The van der Waals surface area contributed by atoms with E-state index in [9.17, 15) is 20.4 Å². The molecule has 112 valence electrons. The molecule has 2 rings (SSSR count). The second kappa shape index (κ2) is 5.90. The number of hydrogen-bond donors (Lipinski definition) is 4. The monoisotopic (exact) mass is 290 g/mol. The summed E-state index contributed by atoms with van der Waals surface area (Å²) in [6, 6.07) is 0. The lowest BCUT2D eigenvalue weighted by molar-refractivity contribution is -0.0770. The van der Waals surface area contributed by atoms with Crippen molar-refractivity contribution in [1.29, 1.82) is 0 Å². The number of aliphatic hydroxyl groups is 4. The van der Waals surface area contributed by atoms with Crippen molar-refractivity contribution < 1.29 is 20.4 Å². The highest BCUT2D eigenvalue weighted by Gasteiger charge is 2.46. The molecule has 19 heavy (non-hydrogen) atoms. The van der Waals surface area contributed by atoms with Gasteiger partial charge in [-0.2, -0.15) is 0 Å². The van der Waals surface area contributed by atoms with Crippen LogP contribution in [0.15, 0.2) is 0 Å². The van der Waals surface area contributed by atoms with Crippen molar-refractivity contribution >= 4 is 11.8 Å². The Hall–Kier alpha value is 0.190. The van der Waals surface area contributed by atoms with E-state index in [4.69, 9.17) is 0 Å². The van der Waals surface area contributed by atoms with E-state index in [0.29, 0.717) is 11.3 Å². The van der Waals surface area contributed by atoms with E-state index in [0.717, 1.165) is 25.7 Å². The van der Waals surface area contributed by atoms with Gasteiger partial charge in [-0.15, -0.1) is 11.8 Å². The van der Waals surface area contributed by atoms with Gasteiger partial charge in [-0.25, -0.2) is 0 Å². The van der Waals surface area contributed by atoms with Crippen LogP contribution in [0, 0.1) is 11.3 Å². The quantitative estimate of drug-likeness (QED) is 0.604. The third-order valence-corrected chi connectivity index (χ3v) is 6.53. The van der Waals surface area contributed by atoms with Gasteiger partial charge in [0.15, 0.2) is 0 Å². The van der Waals surface area contributed by atoms with Crippen LogP contribution in [0.4, 0.5) is 0 Å². The van der Waals surface area contributed by atoms with Gasteiger partial charge in [0.05, 0.1) is 24.1 Å². The lowest BCUT2D eigenvalue weighted by Crippen LogP contribution is -2.56. The predicted octanol–water partition coefficient (Wildman–Crippen LogP) is 0.762. The number of thioether (sulfide) groups is 1. The maximum Gasteiger partial charge on any atom is 0.108 e. The standard InChI is InChI=1S/C14H26O4S/c1-14(2)5-3-8(4-6-14)13-12(18)11(17)10(16)9(7-15)19-13/h8-13,15-18H,3-7H2,1-2H3/t9-,10-,11-,12+,13+/m0/s1. The van der Waals surface area contributed by atoms with Crippen LogP contribution in [0.1, 0.15) is 39.5 Å². The molecule has 0 aromatic carbocycles. The third-order valence-electron chi connectivity index (χ3n) is 4.78. The molecule has 4 N–H and O–H groups in total. The molecular weight excluding hydrogens is 264 g/mol. The van der Waals surface area contributed by atoms with E-state index in [2.05, 4.69) is 13.8 Å². The van der Waals surface area contributed by atoms with Crippen LogP contribution >= 0.6 is 11.8 Å². The summed E-state index contributed by atoms with van der Waals surface area (Å²) in [4.78, 5) is 0. The minimum Gasteiger partial charge on any atom is -0.395 e. The van der Waals surface area contributed by atoms with E-state index in [1.807, 2.05) is 0 Å². The van der Waals surface area contributed by atoms with E-state index in [1.165, 1.54) is 11.8 Å². The van der Waals surface area contributed by atoms with E-state index in [-0.39, 0.29) is 11.9 Å². The Morgan fingerprint density at radius 1 is 1.00 bits per heavy atom. The first kappa shape index (κ1) is 15.6. The summed E-state index contributed by atoms with van der Waals surface area (Å²) in [5, 5.41) is 38.8. The Balaban J connectivity index is 2.03. The van der Waals surface area contributed by atoms with Crippen molar-refractivity contribution in [2.24, 2.45) is 11.3 Å². The zero-order chi connectivity index (χ0) is 14.2. The molecule has 2 fully saturated rings. The summed E-state index contributed by atoms with van der Waals surface area (Å²) in [7, 11) is 0. The first-order valence-corrected chi connectivity index (χ1v) is 8.10. The van der Waals surface area contributed by atoms with E-state index in [1.54, 1.807) is 0 Å². The molecule has 1 saturated heterocycles. The van der Waals surface area contributed by atoms with E-state index >= 15 is 0 Å². The molecule has 0 amide bonds. The Kier molecular flexibility index (Phi) is 4.83. The van der Waals surface area contributed by atoms with Gasteiger partial charge in [0, 0.05) is 5.25 Å². The fourth-order valence-electron chi connectivity index (χ4n) is 3.27. The van der Waals surface area contributed by atoms with Crippen molar-refractivity contribution in [2.75, 3.05) is 6.61 Å².